The molecule has 2 aromatic rings. The number of aromatic nitrogens is 1. The van der Waals surface area contributed by atoms with Crippen LogP contribution < -0.4 is 15.4 Å². The first-order valence-electron chi connectivity index (χ1n) is 13.5. The van der Waals surface area contributed by atoms with E-state index in [1.807, 2.05) is 0 Å². The van der Waals surface area contributed by atoms with Crippen molar-refractivity contribution in [2.24, 2.45) is 11.3 Å². The Morgan fingerprint density at radius 3 is 2.79 bits per heavy atom. The lowest BCUT2D eigenvalue weighted by Crippen LogP contribution is -2.49. The molecule has 3 atom stereocenters. The molecule has 0 unspecified atom stereocenters. The van der Waals surface area contributed by atoms with E-state index in [2.05, 4.69) is 21.7 Å². The summed E-state index contributed by atoms with van der Waals surface area (Å²) < 4.78 is 5.45. The maximum Gasteiger partial charge on any atom is 0.271 e. The third-order valence-corrected chi connectivity index (χ3v) is 8.85. The number of piperidine rings is 1. The van der Waals surface area contributed by atoms with Gasteiger partial charge in [0.05, 0.1) is 23.7 Å². The molecule has 9 nitrogen and oxygen atoms in total. The topological polar surface area (TPSA) is 127 Å². The van der Waals surface area contributed by atoms with Gasteiger partial charge in [-0.1, -0.05) is 30.9 Å². The Kier molecular flexibility index (Phi) is 7.53. The number of aromatic amines is 1. The molecule has 1 spiro atoms. The number of amides is 3. The minimum Gasteiger partial charge on any atom is -0.496 e. The van der Waals surface area contributed by atoms with Gasteiger partial charge in [-0.15, -0.1) is 0 Å². The van der Waals surface area contributed by atoms with Crippen molar-refractivity contribution in [3.63, 3.8) is 0 Å². The quantitative estimate of drug-likeness (QED) is 0.512. The van der Waals surface area contributed by atoms with Crippen molar-refractivity contribution in [2.45, 2.75) is 69.9 Å². The van der Waals surface area contributed by atoms with E-state index in [4.69, 9.17) is 16.3 Å². The molecule has 5 rings (SSSR count). The number of rotatable bonds is 6. The third-order valence-electron chi connectivity index (χ3n) is 8.53. The Hall–Kier alpha value is -3.25. The molecule has 2 aliphatic heterocycles. The molecular formula is C28H34ClN5O4. The molecule has 2 saturated heterocycles. The van der Waals surface area contributed by atoms with Crippen molar-refractivity contribution >= 4 is 40.2 Å². The van der Waals surface area contributed by atoms with Gasteiger partial charge in [0.1, 0.15) is 23.5 Å². The molecule has 0 bridgehead atoms. The molecule has 202 valence electrons. The second kappa shape index (κ2) is 10.9. The average molecular weight is 540 g/mol. The first-order chi connectivity index (χ1) is 18.3. The molecule has 3 heterocycles. The van der Waals surface area contributed by atoms with E-state index >= 15 is 0 Å². The fourth-order valence-corrected chi connectivity index (χ4v) is 6.74. The maximum atomic E-state index is 13.9. The molecule has 3 aliphatic rings. The predicted molar refractivity (Wildman–Crippen MR) is 143 cm³/mol. The van der Waals surface area contributed by atoms with Gasteiger partial charge in [-0.3, -0.25) is 14.4 Å². The van der Waals surface area contributed by atoms with Gasteiger partial charge >= 0.3 is 0 Å². The number of likely N-dealkylation sites (tertiary alicyclic amines) is 1. The van der Waals surface area contributed by atoms with Crippen LogP contribution >= 0.6 is 11.6 Å². The monoisotopic (exact) mass is 539 g/mol. The van der Waals surface area contributed by atoms with E-state index in [0.29, 0.717) is 53.3 Å². The van der Waals surface area contributed by atoms with Crippen molar-refractivity contribution in [1.82, 2.24) is 20.5 Å². The number of nitriles is 1. The van der Waals surface area contributed by atoms with Gasteiger partial charge in [-0.05, 0) is 62.1 Å². The van der Waals surface area contributed by atoms with Crippen molar-refractivity contribution < 1.29 is 19.1 Å². The summed E-state index contributed by atoms with van der Waals surface area (Å²) in [5, 5.41) is 16.7. The van der Waals surface area contributed by atoms with Gasteiger partial charge in [-0.2, -0.15) is 5.26 Å². The smallest absolute Gasteiger partial charge is 0.271 e. The number of ether oxygens (including phenoxy) is 1. The van der Waals surface area contributed by atoms with E-state index in [1.54, 1.807) is 30.2 Å². The number of carbonyl (C=O) groups is 3. The van der Waals surface area contributed by atoms with Crippen LogP contribution in [0.25, 0.3) is 10.9 Å². The highest BCUT2D eigenvalue weighted by Crippen LogP contribution is 2.47. The molecule has 3 fully saturated rings. The molecule has 38 heavy (non-hydrogen) atoms. The average Bonchev–Trinajstić information content (AvgIpc) is 3.53. The molecule has 1 aromatic heterocycles. The normalized spacial score (nSPS) is 23.6. The first-order valence-corrected chi connectivity index (χ1v) is 13.9. The minimum absolute atomic E-state index is 0.0718. The van der Waals surface area contributed by atoms with Crippen molar-refractivity contribution in [3.8, 4) is 11.8 Å². The zero-order valence-corrected chi connectivity index (χ0v) is 22.4. The van der Waals surface area contributed by atoms with E-state index in [0.717, 1.165) is 38.5 Å². The van der Waals surface area contributed by atoms with Crippen LogP contribution in [0.4, 0.5) is 0 Å². The lowest BCUT2D eigenvalue weighted by molar-refractivity contribution is -0.128. The molecule has 0 radical (unpaired) electrons. The van der Waals surface area contributed by atoms with Gasteiger partial charge < -0.3 is 25.3 Å². The number of nitrogens with one attached hydrogen (secondary N) is 3. The van der Waals surface area contributed by atoms with Crippen LogP contribution in [0, 0.1) is 22.7 Å². The fourth-order valence-electron chi connectivity index (χ4n) is 6.53. The first kappa shape index (κ1) is 26.4. The Bertz CT molecular complexity index is 1280. The Balaban J connectivity index is 1.39. The highest BCUT2D eigenvalue weighted by atomic mass is 35.5. The number of benzene rings is 1. The molecule has 3 N–H and O–H groups in total. The number of hydrogen-bond acceptors (Lipinski definition) is 5. The van der Waals surface area contributed by atoms with Gasteiger partial charge in [-0.25, -0.2) is 0 Å². The number of hydrogen-bond donors (Lipinski definition) is 3. The summed E-state index contributed by atoms with van der Waals surface area (Å²) in [5.74, 6) is -0.386. The van der Waals surface area contributed by atoms with E-state index < -0.39 is 12.1 Å². The molecular weight excluding hydrogens is 506 g/mol. The third kappa shape index (κ3) is 5.06. The number of H-pyrrole nitrogens is 1. The second-order valence-corrected chi connectivity index (χ2v) is 11.4. The van der Waals surface area contributed by atoms with Gasteiger partial charge in [0.2, 0.25) is 11.8 Å². The highest BCUT2D eigenvalue weighted by molar-refractivity contribution is 6.35. The highest BCUT2D eigenvalue weighted by Gasteiger charge is 2.49. The Morgan fingerprint density at radius 2 is 2.08 bits per heavy atom. The maximum absolute atomic E-state index is 13.9. The summed E-state index contributed by atoms with van der Waals surface area (Å²) in [5.41, 5.74) is 0.841. The minimum atomic E-state index is -0.799. The van der Waals surface area contributed by atoms with Gasteiger partial charge in [0, 0.05) is 24.4 Å². The standard InChI is InChI=1S/C28H34ClN5O4/c1-38-23-8-7-20(29)24-19(23)13-21(33-24)27(37)34-16-28(9-3-2-4-10-28)14-22(34)26(36)32-18(15-30)12-17-6-5-11-31-25(17)35/h7-8,13,17-18,22,33H,2-6,9-12,14,16H2,1H3,(H,31,35)(H,32,36)/t17-,18-,22-/m0/s1. The number of halogens is 1. The summed E-state index contributed by atoms with van der Waals surface area (Å²) in [6.45, 7) is 1.14. The van der Waals surface area contributed by atoms with Crippen LogP contribution in [-0.2, 0) is 9.59 Å². The summed E-state index contributed by atoms with van der Waals surface area (Å²) in [4.78, 5) is 44.6. The molecule has 1 aliphatic carbocycles. The fraction of sp³-hybridized carbons (Fsp3) is 0.571. The van der Waals surface area contributed by atoms with Crippen LogP contribution in [0.3, 0.4) is 0 Å². The van der Waals surface area contributed by atoms with Crippen molar-refractivity contribution in [3.05, 3.63) is 28.9 Å². The predicted octanol–water partition coefficient (Wildman–Crippen LogP) is 3.92. The Labute approximate surface area is 227 Å². The van der Waals surface area contributed by atoms with Crippen LogP contribution in [0.15, 0.2) is 18.2 Å². The lowest BCUT2D eigenvalue weighted by Gasteiger charge is -2.32. The van der Waals surface area contributed by atoms with Gasteiger partial charge in [0.25, 0.3) is 5.91 Å². The molecule has 1 saturated carbocycles. The summed E-state index contributed by atoms with van der Waals surface area (Å²) in [6.07, 6.45) is 7.64. The van der Waals surface area contributed by atoms with E-state index in [1.165, 1.54) is 0 Å². The van der Waals surface area contributed by atoms with Crippen LogP contribution in [-0.4, -0.2) is 59.9 Å². The van der Waals surface area contributed by atoms with Crippen molar-refractivity contribution in [2.75, 3.05) is 20.2 Å². The van der Waals surface area contributed by atoms with Crippen LogP contribution in [0.2, 0.25) is 5.02 Å². The molecule has 3 amide bonds. The van der Waals surface area contributed by atoms with Crippen LogP contribution in [0.1, 0.15) is 68.3 Å². The number of methoxy groups -OCH3 is 1. The van der Waals surface area contributed by atoms with Crippen LogP contribution in [0.5, 0.6) is 5.75 Å². The largest absolute Gasteiger partial charge is 0.496 e. The van der Waals surface area contributed by atoms with Crippen molar-refractivity contribution in [1.29, 1.82) is 5.26 Å². The SMILES string of the molecule is COc1ccc(Cl)c2[nH]c(C(=O)N3CC4(CCCCC4)C[C@H]3C(=O)N[C@H](C#N)C[C@@H]3CCCNC3=O)cc12. The zero-order chi connectivity index (χ0) is 26.9. The lowest BCUT2D eigenvalue weighted by atomic mass is 9.72. The van der Waals surface area contributed by atoms with E-state index in [-0.39, 0.29) is 35.5 Å². The number of fused-ring (bicyclic) bond motifs is 1. The summed E-state index contributed by atoms with van der Waals surface area (Å²) in [6, 6.07) is 5.86. The van der Waals surface area contributed by atoms with Gasteiger partial charge in [0.15, 0.2) is 0 Å². The summed E-state index contributed by atoms with van der Waals surface area (Å²) in [7, 11) is 1.56. The summed E-state index contributed by atoms with van der Waals surface area (Å²) >= 11 is 6.39. The molecule has 1 aromatic carbocycles. The number of nitrogens with zero attached hydrogens (tertiary/aromatic N) is 2. The van der Waals surface area contributed by atoms with E-state index in [9.17, 15) is 19.6 Å². The second-order valence-electron chi connectivity index (χ2n) is 11.0. The zero-order valence-electron chi connectivity index (χ0n) is 21.6. The number of carbonyl (C=O) groups excluding carboxylic acids is 3. The molecule has 10 heteroatoms. The Morgan fingerprint density at radius 1 is 1.29 bits per heavy atom.